The number of hydrogen-bond donors (Lipinski definition) is 3. The van der Waals surface area contributed by atoms with Crippen LogP contribution in [0.2, 0.25) is 0 Å². The number of nitrogens with two attached hydrogens (primary N) is 1. The third-order valence-electron chi connectivity index (χ3n) is 4.75. The summed E-state index contributed by atoms with van der Waals surface area (Å²) in [6.45, 7) is 4.26. The molecule has 2 aliphatic rings. The lowest BCUT2D eigenvalue weighted by molar-refractivity contribution is -0.649. The van der Waals surface area contributed by atoms with Crippen LogP contribution in [0.4, 0.5) is 0 Å². The number of aromatic hydroxyl groups is 1. The molecule has 1 fully saturated rings. The van der Waals surface area contributed by atoms with Crippen LogP contribution in [-0.2, 0) is 12.8 Å². The Labute approximate surface area is 135 Å². The van der Waals surface area contributed by atoms with Crippen molar-refractivity contribution in [2.45, 2.75) is 51.5 Å². The largest absolute Gasteiger partial charge is 0.507 e. The SMILES string of the molecule is CC[NH2+]CCNC(=O)c1c(O)c2c(n(C3CC3)c1=O)CCCC2. The summed E-state index contributed by atoms with van der Waals surface area (Å²) < 4.78 is 1.79. The second-order valence-electron chi connectivity index (χ2n) is 6.50. The number of likely N-dealkylation sites (N-methyl/N-ethyl adjacent to an activating group) is 1. The van der Waals surface area contributed by atoms with E-state index >= 15 is 0 Å². The zero-order chi connectivity index (χ0) is 16.4. The molecule has 6 heteroatoms. The van der Waals surface area contributed by atoms with E-state index in [9.17, 15) is 14.7 Å². The number of fused-ring (bicyclic) bond motifs is 1. The van der Waals surface area contributed by atoms with Crippen LogP contribution in [0.25, 0.3) is 0 Å². The molecule has 0 bridgehead atoms. The smallest absolute Gasteiger partial charge is 0.267 e. The highest BCUT2D eigenvalue weighted by Gasteiger charge is 2.33. The van der Waals surface area contributed by atoms with Crippen LogP contribution in [0.1, 0.15) is 60.3 Å². The maximum absolute atomic E-state index is 12.8. The number of carbonyl (C=O) groups is 1. The zero-order valence-corrected chi connectivity index (χ0v) is 13.7. The van der Waals surface area contributed by atoms with Crippen molar-refractivity contribution in [3.63, 3.8) is 0 Å². The second kappa shape index (κ2) is 6.74. The minimum absolute atomic E-state index is 0.0611. The third kappa shape index (κ3) is 3.13. The maximum Gasteiger partial charge on any atom is 0.267 e. The van der Waals surface area contributed by atoms with Gasteiger partial charge < -0.3 is 20.3 Å². The Bertz CT molecular complexity index is 662. The van der Waals surface area contributed by atoms with Gasteiger partial charge in [0.05, 0.1) is 19.6 Å². The topological polar surface area (TPSA) is 87.9 Å². The fourth-order valence-corrected chi connectivity index (χ4v) is 3.41. The van der Waals surface area contributed by atoms with Crippen molar-refractivity contribution < 1.29 is 15.2 Å². The lowest BCUT2D eigenvalue weighted by Crippen LogP contribution is -2.85. The number of aromatic nitrogens is 1. The van der Waals surface area contributed by atoms with E-state index in [2.05, 4.69) is 10.6 Å². The quantitative estimate of drug-likeness (QED) is 0.649. The number of rotatable bonds is 6. The summed E-state index contributed by atoms with van der Waals surface area (Å²) >= 11 is 0. The first-order chi connectivity index (χ1) is 11.1. The van der Waals surface area contributed by atoms with Crippen LogP contribution >= 0.6 is 0 Å². The predicted octanol–water partition coefficient (Wildman–Crippen LogP) is 0.0807. The first-order valence-corrected chi connectivity index (χ1v) is 8.74. The van der Waals surface area contributed by atoms with E-state index < -0.39 is 5.91 Å². The van der Waals surface area contributed by atoms with Gasteiger partial charge in [-0.15, -0.1) is 0 Å². The predicted molar refractivity (Wildman–Crippen MR) is 86.9 cm³/mol. The molecular formula is C17H26N3O3+. The average Bonchev–Trinajstić information content (AvgIpc) is 3.37. The van der Waals surface area contributed by atoms with Gasteiger partial charge in [-0.3, -0.25) is 9.59 Å². The van der Waals surface area contributed by atoms with E-state index in [1.54, 1.807) is 4.57 Å². The summed E-state index contributed by atoms with van der Waals surface area (Å²) in [5.41, 5.74) is 1.39. The molecule has 1 saturated carbocycles. The van der Waals surface area contributed by atoms with Gasteiger partial charge in [0.15, 0.2) is 0 Å². The van der Waals surface area contributed by atoms with Crippen molar-refractivity contribution >= 4 is 5.91 Å². The van der Waals surface area contributed by atoms with Crippen molar-refractivity contribution in [2.75, 3.05) is 19.6 Å². The van der Waals surface area contributed by atoms with Gasteiger partial charge in [-0.05, 0) is 45.4 Å². The Kier molecular flexibility index (Phi) is 4.71. The molecule has 3 rings (SSSR count). The maximum atomic E-state index is 12.8. The number of amides is 1. The van der Waals surface area contributed by atoms with E-state index in [0.717, 1.165) is 62.9 Å². The number of hydrogen-bond acceptors (Lipinski definition) is 3. The molecule has 4 N–H and O–H groups in total. The van der Waals surface area contributed by atoms with Gasteiger partial charge in [0.1, 0.15) is 11.3 Å². The molecule has 0 spiro atoms. The van der Waals surface area contributed by atoms with Gasteiger partial charge >= 0.3 is 0 Å². The van der Waals surface area contributed by atoms with Gasteiger partial charge in [0.25, 0.3) is 11.5 Å². The fourth-order valence-electron chi connectivity index (χ4n) is 3.41. The van der Waals surface area contributed by atoms with Crippen LogP contribution in [-0.4, -0.2) is 35.2 Å². The molecule has 1 amide bonds. The Hall–Kier alpha value is -1.82. The molecule has 126 valence electrons. The number of nitrogens with one attached hydrogen (secondary N) is 1. The first-order valence-electron chi connectivity index (χ1n) is 8.74. The van der Waals surface area contributed by atoms with Crippen LogP contribution in [0.5, 0.6) is 5.75 Å². The Balaban J connectivity index is 1.95. The van der Waals surface area contributed by atoms with Crippen molar-refractivity contribution in [3.8, 4) is 5.75 Å². The van der Waals surface area contributed by atoms with Gasteiger partial charge in [-0.2, -0.15) is 0 Å². The molecule has 0 aromatic carbocycles. The van der Waals surface area contributed by atoms with Crippen LogP contribution in [0.15, 0.2) is 4.79 Å². The van der Waals surface area contributed by atoms with Crippen LogP contribution in [0.3, 0.4) is 0 Å². The lowest BCUT2D eigenvalue weighted by Gasteiger charge is -2.23. The van der Waals surface area contributed by atoms with E-state index in [0.29, 0.717) is 6.54 Å². The standard InChI is InChI=1S/C17H25N3O3/c1-2-18-9-10-19-16(22)14-15(21)12-5-3-4-6-13(12)20(17(14)23)11-7-8-11/h11,18,21H,2-10H2,1H3,(H,19,22)/p+1. The van der Waals surface area contributed by atoms with Gasteiger partial charge in [0.2, 0.25) is 0 Å². The summed E-state index contributed by atoms with van der Waals surface area (Å²) in [5.74, 6) is -0.529. The first kappa shape index (κ1) is 16.1. The van der Waals surface area contributed by atoms with E-state index in [4.69, 9.17) is 0 Å². The minimum Gasteiger partial charge on any atom is -0.507 e. The highest BCUT2D eigenvalue weighted by Crippen LogP contribution is 2.39. The number of carbonyl (C=O) groups excluding carboxylic acids is 1. The molecule has 0 radical (unpaired) electrons. The number of pyridine rings is 1. The molecule has 0 unspecified atom stereocenters. The van der Waals surface area contributed by atoms with Crippen molar-refractivity contribution in [3.05, 3.63) is 27.2 Å². The molecule has 6 nitrogen and oxygen atoms in total. The summed E-state index contributed by atoms with van der Waals surface area (Å²) in [5, 5.41) is 15.4. The number of quaternary nitrogens is 1. The molecule has 0 aliphatic heterocycles. The Morgan fingerprint density at radius 1 is 1.35 bits per heavy atom. The summed E-state index contributed by atoms with van der Waals surface area (Å²) in [4.78, 5) is 25.2. The highest BCUT2D eigenvalue weighted by atomic mass is 16.3. The fraction of sp³-hybridized carbons (Fsp3) is 0.647. The molecular weight excluding hydrogens is 294 g/mol. The van der Waals surface area contributed by atoms with E-state index in [1.807, 2.05) is 6.92 Å². The van der Waals surface area contributed by atoms with Crippen LogP contribution in [0, 0.1) is 0 Å². The third-order valence-corrected chi connectivity index (χ3v) is 4.75. The Morgan fingerprint density at radius 2 is 2.09 bits per heavy atom. The molecule has 1 heterocycles. The van der Waals surface area contributed by atoms with Crippen molar-refractivity contribution in [1.82, 2.24) is 9.88 Å². The molecule has 1 aromatic rings. The van der Waals surface area contributed by atoms with Gasteiger partial charge in [-0.1, -0.05) is 0 Å². The van der Waals surface area contributed by atoms with E-state index in [1.165, 1.54) is 0 Å². The van der Waals surface area contributed by atoms with Gasteiger partial charge in [-0.25, -0.2) is 0 Å². The van der Waals surface area contributed by atoms with Crippen molar-refractivity contribution in [2.24, 2.45) is 0 Å². The Morgan fingerprint density at radius 3 is 2.78 bits per heavy atom. The summed E-state index contributed by atoms with van der Waals surface area (Å²) in [6, 6.07) is 0.218. The lowest BCUT2D eigenvalue weighted by atomic mass is 9.93. The second-order valence-corrected chi connectivity index (χ2v) is 6.50. The summed E-state index contributed by atoms with van der Waals surface area (Å²) in [7, 11) is 0. The molecule has 0 atom stereocenters. The average molecular weight is 320 g/mol. The normalized spacial score (nSPS) is 16.9. The van der Waals surface area contributed by atoms with Gasteiger partial charge in [0, 0.05) is 17.3 Å². The zero-order valence-electron chi connectivity index (χ0n) is 13.7. The molecule has 23 heavy (non-hydrogen) atoms. The van der Waals surface area contributed by atoms with Crippen LogP contribution < -0.4 is 16.2 Å². The minimum atomic E-state index is -0.445. The number of nitrogens with zero attached hydrogens (tertiary/aromatic N) is 1. The molecule has 1 aromatic heterocycles. The highest BCUT2D eigenvalue weighted by molar-refractivity contribution is 5.97. The monoisotopic (exact) mass is 320 g/mol. The van der Waals surface area contributed by atoms with Crippen molar-refractivity contribution in [1.29, 1.82) is 0 Å². The molecule has 2 aliphatic carbocycles. The summed E-state index contributed by atoms with van der Waals surface area (Å²) in [6.07, 6.45) is 5.58. The molecule has 0 saturated heterocycles. The van der Waals surface area contributed by atoms with E-state index in [-0.39, 0.29) is 22.9 Å².